The van der Waals surface area contributed by atoms with Gasteiger partial charge in [0.25, 0.3) is 0 Å². The van der Waals surface area contributed by atoms with Crippen LogP contribution >= 0.6 is 35.3 Å². The van der Waals surface area contributed by atoms with Crippen molar-refractivity contribution in [3.63, 3.8) is 0 Å². The van der Waals surface area contributed by atoms with Crippen LogP contribution in [0.15, 0.2) is 22.0 Å². The molecule has 2 saturated heterocycles. The first kappa shape index (κ1) is 21.8. The molecular weight excluding hydrogens is 449 g/mol. The number of ether oxygens (including phenoxy) is 3. The van der Waals surface area contributed by atoms with Gasteiger partial charge in [0.05, 0.1) is 28.9 Å². The predicted octanol–water partition coefficient (Wildman–Crippen LogP) is 2.42. The highest BCUT2D eigenvalue weighted by Crippen LogP contribution is 2.34. The van der Waals surface area contributed by atoms with E-state index in [1.54, 1.807) is 0 Å². The summed E-state index contributed by atoms with van der Waals surface area (Å²) in [5.41, 5.74) is 2.48. The Labute approximate surface area is 178 Å². The van der Waals surface area contributed by atoms with Crippen molar-refractivity contribution in [2.45, 2.75) is 24.0 Å². The van der Waals surface area contributed by atoms with E-state index in [2.05, 4.69) is 10.4 Å². The van der Waals surface area contributed by atoms with Gasteiger partial charge < -0.3 is 14.2 Å². The van der Waals surface area contributed by atoms with Crippen LogP contribution in [0.25, 0.3) is 0 Å². The standard InChI is InChI=1S/C16H16ClFN3O6S2/c1-8(22)26-12-5-25-6-13(12)27-16(23)7-28-14-3-11(10(18)2-9(14)17)20-15-4-19-21(24)29-15/h2-3,12-13H,4-7H2,1H3,(H,19,24)/q+1. The Morgan fingerprint density at radius 2 is 2.14 bits per heavy atom. The Balaban J connectivity index is 1.61. The Hall–Kier alpha value is -1.89. The summed E-state index contributed by atoms with van der Waals surface area (Å²) in [5, 5.41) is 0.517. The molecule has 2 aliphatic rings. The molecule has 1 aromatic rings. The highest BCUT2D eigenvalue weighted by Gasteiger charge is 2.34. The van der Waals surface area contributed by atoms with E-state index < -0.39 is 30.0 Å². The molecule has 2 fully saturated rings. The molecule has 2 atom stereocenters. The average molecular weight is 465 g/mol. The van der Waals surface area contributed by atoms with E-state index in [0.717, 1.165) is 29.8 Å². The van der Waals surface area contributed by atoms with Crippen LogP contribution in [0.3, 0.4) is 0 Å². The van der Waals surface area contributed by atoms with Gasteiger partial charge in [0, 0.05) is 11.8 Å². The maximum Gasteiger partial charge on any atom is 0.316 e. The van der Waals surface area contributed by atoms with Crippen LogP contribution in [0.1, 0.15) is 6.92 Å². The third-order valence-corrected chi connectivity index (χ3v) is 5.91. The molecule has 9 nitrogen and oxygen atoms in total. The minimum absolute atomic E-state index is 0.00369. The van der Waals surface area contributed by atoms with Crippen LogP contribution in [-0.4, -0.2) is 59.0 Å². The molecule has 29 heavy (non-hydrogen) atoms. The number of hydrogen-bond acceptors (Lipinski definition) is 9. The monoisotopic (exact) mass is 464 g/mol. The van der Waals surface area contributed by atoms with Crippen LogP contribution in [-0.2, 0) is 23.8 Å². The molecule has 0 radical (unpaired) electrons. The molecular formula is C16H16ClFN3O6S2+. The van der Waals surface area contributed by atoms with Crippen molar-refractivity contribution in [1.29, 1.82) is 0 Å². The number of hydrogen-bond donors (Lipinski definition) is 1. The number of carbonyl (C=O) groups is 2. The molecule has 0 amide bonds. The number of nitroso groups, excluding NO2 is 1. The third-order valence-electron chi connectivity index (χ3n) is 3.72. The lowest BCUT2D eigenvalue weighted by Gasteiger charge is -2.17. The summed E-state index contributed by atoms with van der Waals surface area (Å²) in [6.45, 7) is 1.75. The largest absolute Gasteiger partial charge is 0.456 e. The minimum atomic E-state index is -0.681. The number of rotatable bonds is 6. The Morgan fingerprint density at radius 1 is 1.41 bits per heavy atom. The fourth-order valence-corrected chi connectivity index (χ4v) is 4.12. The quantitative estimate of drug-likeness (QED) is 0.294. The first-order valence-electron chi connectivity index (χ1n) is 8.34. The summed E-state index contributed by atoms with van der Waals surface area (Å²) in [7, 11) is 0. The SMILES string of the molecule is CC(=O)OC1COCC1OC(=O)CSc1cc(N=C2CN[N+](=O)S2)c(F)cc1Cl. The van der Waals surface area contributed by atoms with Gasteiger partial charge in [-0.25, -0.2) is 9.38 Å². The Morgan fingerprint density at radius 3 is 2.79 bits per heavy atom. The lowest BCUT2D eigenvalue weighted by Crippen LogP contribution is -2.33. The number of thioether (sulfide) groups is 1. The van der Waals surface area contributed by atoms with Gasteiger partial charge in [0.15, 0.2) is 21.5 Å². The van der Waals surface area contributed by atoms with Crippen LogP contribution < -0.4 is 5.43 Å². The van der Waals surface area contributed by atoms with Crippen molar-refractivity contribution < 1.29 is 32.5 Å². The van der Waals surface area contributed by atoms with Gasteiger partial charge in [-0.05, 0) is 12.1 Å². The summed E-state index contributed by atoms with van der Waals surface area (Å²) in [4.78, 5) is 38.9. The van der Waals surface area contributed by atoms with Gasteiger partial charge in [-0.2, -0.15) is 0 Å². The molecule has 156 valence electrons. The van der Waals surface area contributed by atoms with E-state index in [9.17, 15) is 18.9 Å². The van der Waals surface area contributed by atoms with Crippen molar-refractivity contribution >= 4 is 58.0 Å². The number of halogens is 2. The first-order chi connectivity index (χ1) is 13.8. The van der Waals surface area contributed by atoms with Crippen molar-refractivity contribution in [3.05, 3.63) is 27.9 Å². The molecule has 2 unspecified atom stereocenters. The highest BCUT2D eigenvalue weighted by atomic mass is 35.5. The number of esters is 2. The van der Waals surface area contributed by atoms with Crippen molar-refractivity contribution in [1.82, 2.24) is 5.43 Å². The molecule has 0 aliphatic carbocycles. The summed E-state index contributed by atoms with van der Waals surface area (Å²) in [6, 6.07) is 2.50. The second kappa shape index (κ2) is 9.74. The van der Waals surface area contributed by atoms with Gasteiger partial charge in [-0.1, -0.05) is 11.6 Å². The number of nitrogens with zero attached hydrogens (tertiary/aromatic N) is 2. The smallest absolute Gasteiger partial charge is 0.316 e. The zero-order valence-corrected chi connectivity index (χ0v) is 17.4. The lowest BCUT2D eigenvalue weighted by atomic mass is 10.2. The minimum Gasteiger partial charge on any atom is -0.456 e. The van der Waals surface area contributed by atoms with Gasteiger partial charge in [0.1, 0.15) is 18.0 Å². The average Bonchev–Trinajstić information content (AvgIpc) is 3.24. The topological polar surface area (TPSA) is 106 Å². The number of carbonyl (C=O) groups excluding carboxylic acids is 2. The van der Waals surface area contributed by atoms with Crippen LogP contribution in [0.5, 0.6) is 0 Å². The summed E-state index contributed by atoms with van der Waals surface area (Å²) in [5.74, 6) is -1.80. The number of nitrogens with one attached hydrogen (secondary N) is 1. The molecule has 1 N–H and O–H groups in total. The van der Waals surface area contributed by atoms with E-state index in [-0.39, 0.29) is 36.2 Å². The molecule has 0 spiro atoms. The highest BCUT2D eigenvalue weighted by molar-refractivity contribution is 8.09. The second-order valence-electron chi connectivity index (χ2n) is 5.93. The van der Waals surface area contributed by atoms with E-state index in [1.807, 2.05) is 0 Å². The summed E-state index contributed by atoms with van der Waals surface area (Å²) >= 11 is 7.92. The molecule has 13 heteroatoms. The van der Waals surface area contributed by atoms with Crippen molar-refractivity contribution in [2.75, 3.05) is 25.5 Å². The lowest BCUT2D eigenvalue weighted by molar-refractivity contribution is -0.432. The van der Waals surface area contributed by atoms with Crippen LogP contribution in [0.4, 0.5) is 10.1 Å². The fraction of sp³-hybridized carbons (Fsp3) is 0.438. The van der Waals surface area contributed by atoms with E-state index in [0.29, 0.717) is 14.2 Å². The van der Waals surface area contributed by atoms with Crippen molar-refractivity contribution in [2.24, 2.45) is 4.99 Å². The Bertz CT molecular complexity index is 871. The summed E-state index contributed by atoms with van der Waals surface area (Å²) in [6.07, 6.45) is -1.32. The molecule has 2 heterocycles. The van der Waals surface area contributed by atoms with Crippen LogP contribution in [0.2, 0.25) is 5.02 Å². The predicted molar refractivity (Wildman–Crippen MR) is 105 cm³/mol. The van der Waals surface area contributed by atoms with E-state index in [4.69, 9.17) is 25.8 Å². The second-order valence-corrected chi connectivity index (χ2v) is 8.34. The molecule has 3 rings (SSSR count). The van der Waals surface area contributed by atoms with E-state index >= 15 is 0 Å². The summed E-state index contributed by atoms with van der Waals surface area (Å²) < 4.78 is 30.2. The third kappa shape index (κ3) is 6.04. The number of aliphatic imine (C=N–C) groups is 1. The molecule has 2 aliphatic heterocycles. The molecule has 1 aromatic carbocycles. The van der Waals surface area contributed by atoms with Gasteiger partial charge in [0.2, 0.25) is 0 Å². The first-order valence-corrected chi connectivity index (χ1v) is 10.5. The zero-order valence-electron chi connectivity index (χ0n) is 15.1. The maximum atomic E-state index is 14.1. The van der Waals surface area contributed by atoms with Gasteiger partial charge in [-0.3, -0.25) is 9.59 Å². The van der Waals surface area contributed by atoms with Gasteiger partial charge >= 0.3 is 23.9 Å². The molecule has 0 saturated carbocycles. The van der Waals surface area contributed by atoms with E-state index in [1.165, 1.54) is 13.0 Å². The van der Waals surface area contributed by atoms with Crippen LogP contribution in [0, 0.1) is 10.7 Å². The number of hydrazine groups is 1. The van der Waals surface area contributed by atoms with Gasteiger partial charge in [-0.15, -0.1) is 17.2 Å². The maximum absolute atomic E-state index is 14.1. The molecule has 0 aromatic heterocycles. The fourth-order valence-electron chi connectivity index (χ4n) is 2.49. The normalized spacial score (nSPS) is 22.6. The van der Waals surface area contributed by atoms with Crippen molar-refractivity contribution in [3.8, 4) is 0 Å². The Kier molecular flexibility index (Phi) is 7.33. The number of benzene rings is 1. The molecule has 0 bridgehead atoms. The zero-order chi connectivity index (χ0) is 21.0.